The van der Waals surface area contributed by atoms with Gasteiger partial charge in [-0.3, -0.25) is 9.69 Å². The number of amides is 1. The summed E-state index contributed by atoms with van der Waals surface area (Å²) in [6.45, 7) is 2.80. The molecule has 2 rings (SSSR count). The number of hydrogen-bond acceptors (Lipinski definition) is 5. The van der Waals surface area contributed by atoms with Gasteiger partial charge in [0.25, 0.3) is 0 Å². The Morgan fingerprint density at radius 1 is 1.50 bits per heavy atom. The van der Waals surface area contributed by atoms with Crippen LogP contribution in [-0.2, 0) is 9.53 Å². The van der Waals surface area contributed by atoms with Gasteiger partial charge in [-0.05, 0) is 24.3 Å². The molecule has 0 bridgehead atoms. The summed E-state index contributed by atoms with van der Waals surface area (Å²) in [4.78, 5) is 14.1. The van der Waals surface area contributed by atoms with E-state index in [1.807, 2.05) is 24.3 Å². The normalized spacial score (nSPS) is 19.6. The van der Waals surface area contributed by atoms with E-state index in [4.69, 9.17) is 15.2 Å². The number of morpholine rings is 1. The molecule has 3 N–H and O–H groups in total. The molecule has 0 saturated carbocycles. The molecule has 6 nitrogen and oxygen atoms in total. The molecule has 0 radical (unpaired) electrons. The maximum atomic E-state index is 12.0. The highest BCUT2D eigenvalue weighted by molar-refractivity contribution is 5.92. The monoisotopic (exact) mass is 279 g/mol. The summed E-state index contributed by atoms with van der Waals surface area (Å²) >= 11 is 0. The lowest BCUT2D eigenvalue weighted by Crippen LogP contribution is -2.51. The topological polar surface area (TPSA) is 76.8 Å². The van der Waals surface area contributed by atoms with E-state index in [0.29, 0.717) is 26.3 Å². The van der Waals surface area contributed by atoms with Crippen molar-refractivity contribution in [3.05, 3.63) is 24.3 Å². The molecule has 0 aliphatic carbocycles. The first-order chi connectivity index (χ1) is 9.72. The van der Waals surface area contributed by atoms with Crippen LogP contribution in [0.4, 0.5) is 5.69 Å². The molecule has 1 unspecified atom stereocenters. The van der Waals surface area contributed by atoms with Crippen LogP contribution in [0.5, 0.6) is 5.75 Å². The summed E-state index contributed by atoms with van der Waals surface area (Å²) in [5.41, 5.74) is 6.44. The highest BCUT2D eigenvalue weighted by Crippen LogP contribution is 2.15. The Hall–Kier alpha value is -1.63. The molecule has 1 aromatic carbocycles. The van der Waals surface area contributed by atoms with E-state index in [0.717, 1.165) is 18.0 Å². The van der Waals surface area contributed by atoms with Crippen molar-refractivity contribution in [2.45, 2.75) is 6.04 Å². The first-order valence-electron chi connectivity index (χ1n) is 6.68. The second-order valence-electron chi connectivity index (χ2n) is 4.71. The van der Waals surface area contributed by atoms with Crippen LogP contribution in [0.15, 0.2) is 24.3 Å². The van der Waals surface area contributed by atoms with Crippen LogP contribution in [0.1, 0.15) is 0 Å². The SMILES string of the molecule is COc1ccc(NC(=O)CN2CCOCC2CN)cc1. The number of anilines is 1. The van der Waals surface area contributed by atoms with Gasteiger partial charge in [0, 0.05) is 24.8 Å². The van der Waals surface area contributed by atoms with Gasteiger partial charge in [0.05, 0.1) is 26.9 Å². The largest absolute Gasteiger partial charge is 0.497 e. The number of hydrogen-bond donors (Lipinski definition) is 2. The number of nitrogens with zero attached hydrogens (tertiary/aromatic N) is 1. The van der Waals surface area contributed by atoms with Crippen LogP contribution in [0.3, 0.4) is 0 Å². The van der Waals surface area contributed by atoms with Gasteiger partial charge in [0.1, 0.15) is 5.75 Å². The minimum Gasteiger partial charge on any atom is -0.497 e. The predicted octanol–water partition coefficient (Wildman–Crippen LogP) is 0.293. The predicted molar refractivity (Wildman–Crippen MR) is 76.9 cm³/mol. The smallest absolute Gasteiger partial charge is 0.238 e. The molecule has 1 aromatic rings. The van der Waals surface area contributed by atoms with E-state index in [9.17, 15) is 4.79 Å². The van der Waals surface area contributed by atoms with Crippen molar-refractivity contribution < 1.29 is 14.3 Å². The van der Waals surface area contributed by atoms with E-state index < -0.39 is 0 Å². The van der Waals surface area contributed by atoms with Crippen molar-refractivity contribution >= 4 is 11.6 Å². The molecule has 1 aliphatic heterocycles. The molecular formula is C14H21N3O3. The molecule has 0 aromatic heterocycles. The molecule has 20 heavy (non-hydrogen) atoms. The fourth-order valence-corrected chi connectivity index (χ4v) is 2.17. The molecule has 0 spiro atoms. The fraction of sp³-hybridized carbons (Fsp3) is 0.500. The summed E-state index contributed by atoms with van der Waals surface area (Å²) < 4.78 is 10.4. The standard InChI is InChI=1S/C14H21N3O3/c1-19-13-4-2-11(3-5-13)16-14(18)9-17-6-7-20-10-12(17)8-15/h2-5,12H,6-10,15H2,1H3,(H,16,18). The first kappa shape index (κ1) is 14.8. The molecular weight excluding hydrogens is 258 g/mol. The summed E-state index contributed by atoms with van der Waals surface area (Å²) in [6, 6.07) is 7.37. The van der Waals surface area contributed by atoms with Gasteiger partial charge < -0.3 is 20.5 Å². The second-order valence-corrected chi connectivity index (χ2v) is 4.71. The Morgan fingerprint density at radius 2 is 2.25 bits per heavy atom. The number of rotatable bonds is 5. The Balaban J connectivity index is 1.87. The molecule has 1 amide bonds. The number of ether oxygens (including phenoxy) is 2. The second kappa shape index (κ2) is 7.23. The number of carbonyl (C=O) groups is 1. The molecule has 1 saturated heterocycles. The average molecular weight is 279 g/mol. The zero-order chi connectivity index (χ0) is 14.4. The highest BCUT2D eigenvalue weighted by Gasteiger charge is 2.23. The van der Waals surface area contributed by atoms with Gasteiger partial charge >= 0.3 is 0 Å². The summed E-state index contributed by atoms with van der Waals surface area (Å²) in [6.07, 6.45) is 0. The molecule has 110 valence electrons. The lowest BCUT2D eigenvalue weighted by atomic mass is 10.2. The van der Waals surface area contributed by atoms with Crippen molar-refractivity contribution in [2.75, 3.05) is 45.3 Å². The van der Waals surface area contributed by atoms with Crippen LogP contribution in [0.25, 0.3) is 0 Å². The third-order valence-electron chi connectivity index (χ3n) is 3.34. The molecule has 1 aliphatic rings. The minimum absolute atomic E-state index is 0.0458. The zero-order valence-electron chi connectivity index (χ0n) is 11.7. The van der Waals surface area contributed by atoms with Crippen LogP contribution < -0.4 is 15.8 Å². The molecule has 6 heteroatoms. The van der Waals surface area contributed by atoms with Crippen LogP contribution in [0.2, 0.25) is 0 Å². The van der Waals surface area contributed by atoms with Gasteiger partial charge in [0.2, 0.25) is 5.91 Å². The van der Waals surface area contributed by atoms with Gasteiger partial charge in [-0.15, -0.1) is 0 Å². The minimum atomic E-state index is -0.0458. The van der Waals surface area contributed by atoms with Crippen LogP contribution in [-0.4, -0.2) is 56.8 Å². The number of nitrogens with one attached hydrogen (secondary N) is 1. The Morgan fingerprint density at radius 3 is 2.90 bits per heavy atom. The molecule has 1 atom stereocenters. The summed E-state index contributed by atoms with van der Waals surface area (Å²) in [7, 11) is 1.61. The van der Waals surface area contributed by atoms with E-state index in [-0.39, 0.29) is 11.9 Å². The maximum absolute atomic E-state index is 12.0. The van der Waals surface area contributed by atoms with E-state index >= 15 is 0 Å². The quantitative estimate of drug-likeness (QED) is 0.810. The number of carbonyl (C=O) groups excluding carboxylic acids is 1. The number of methoxy groups -OCH3 is 1. The van der Waals surface area contributed by atoms with E-state index in [2.05, 4.69) is 10.2 Å². The van der Waals surface area contributed by atoms with Crippen molar-refractivity contribution in [1.29, 1.82) is 0 Å². The van der Waals surface area contributed by atoms with E-state index in [1.165, 1.54) is 0 Å². The van der Waals surface area contributed by atoms with Gasteiger partial charge in [0.15, 0.2) is 0 Å². The molecule has 1 fully saturated rings. The number of benzene rings is 1. The zero-order valence-corrected chi connectivity index (χ0v) is 11.7. The Labute approximate surface area is 118 Å². The van der Waals surface area contributed by atoms with Crippen molar-refractivity contribution in [2.24, 2.45) is 5.73 Å². The molecule has 1 heterocycles. The van der Waals surface area contributed by atoms with E-state index in [1.54, 1.807) is 7.11 Å². The van der Waals surface area contributed by atoms with Gasteiger partial charge in [-0.25, -0.2) is 0 Å². The van der Waals surface area contributed by atoms with Crippen molar-refractivity contribution in [3.63, 3.8) is 0 Å². The van der Waals surface area contributed by atoms with Crippen LogP contribution in [0, 0.1) is 0 Å². The highest BCUT2D eigenvalue weighted by atomic mass is 16.5. The summed E-state index contributed by atoms with van der Waals surface area (Å²) in [5.74, 6) is 0.717. The van der Waals surface area contributed by atoms with Gasteiger partial charge in [-0.1, -0.05) is 0 Å². The Kier molecular flexibility index (Phi) is 5.34. The number of nitrogens with two attached hydrogens (primary N) is 1. The van der Waals surface area contributed by atoms with Crippen molar-refractivity contribution in [1.82, 2.24) is 4.90 Å². The fourth-order valence-electron chi connectivity index (χ4n) is 2.17. The van der Waals surface area contributed by atoms with Crippen LogP contribution >= 0.6 is 0 Å². The summed E-state index contributed by atoms with van der Waals surface area (Å²) in [5, 5.41) is 2.87. The lowest BCUT2D eigenvalue weighted by Gasteiger charge is -2.34. The Bertz CT molecular complexity index is 436. The van der Waals surface area contributed by atoms with Crippen molar-refractivity contribution in [3.8, 4) is 5.75 Å². The third-order valence-corrected chi connectivity index (χ3v) is 3.34. The average Bonchev–Trinajstić information content (AvgIpc) is 2.48. The maximum Gasteiger partial charge on any atom is 0.238 e. The van der Waals surface area contributed by atoms with Gasteiger partial charge in [-0.2, -0.15) is 0 Å². The first-order valence-corrected chi connectivity index (χ1v) is 6.68. The third kappa shape index (κ3) is 3.93. The lowest BCUT2D eigenvalue weighted by molar-refractivity contribution is -0.119.